The van der Waals surface area contributed by atoms with E-state index in [4.69, 9.17) is 15.0 Å². The van der Waals surface area contributed by atoms with Gasteiger partial charge in [0, 0.05) is 22.1 Å². The molecule has 0 unspecified atom stereocenters. The Morgan fingerprint density at radius 2 is 0.719 bits per heavy atom. The molecule has 2 aliphatic carbocycles. The molecule has 64 heavy (non-hydrogen) atoms. The Labute approximate surface area is 372 Å². The first kappa shape index (κ1) is 36.6. The van der Waals surface area contributed by atoms with Gasteiger partial charge in [-0.25, -0.2) is 15.0 Å². The van der Waals surface area contributed by atoms with Gasteiger partial charge in [0.1, 0.15) is 0 Å². The summed E-state index contributed by atoms with van der Waals surface area (Å²) in [5.74, 6) is 1.95. The van der Waals surface area contributed by atoms with Crippen molar-refractivity contribution in [2.45, 2.75) is 24.7 Å². The fourth-order valence-corrected chi connectivity index (χ4v) is 11.3. The lowest BCUT2D eigenvalue weighted by Crippen LogP contribution is -2.40. The smallest absolute Gasteiger partial charge is 0.164 e. The molecule has 1 aromatic heterocycles. The molecule has 0 saturated carbocycles. The third-order valence-corrected chi connectivity index (χ3v) is 14.2. The maximum Gasteiger partial charge on any atom is 0.164 e. The lowest BCUT2D eigenvalue weighted by Gasteiger charge is -2.46. The maximum absolute atomic E-state index is 5.34. The van der Waals surface area contributed by atoms with Crippen molar-refractivity contribution < 1.29 is 0 Å². The molecular weight excluding hydrogens is 775 g/mol. The van der Waals surface area contributed by atoms with E-state index in [1.165, 1.54) is 82.4 Å². The summed E-state index contributed by atoms with van der Waals surface area (Å²) in [7, 11) is 0. The van der Waals surface area contributed by atoms with E-state index in [0.717, 1.165) is 22.3 Å². The second-order valence-electron chi connectivity index (χ2n) is 17.8. The van der Waals surface area contributed by atoms with Crippen molar-refractivity contribution in [3.05, 3.63) is 246 Å². The van der Waals surface area contributed by atoms with E-state index in [2.05, 4.69) is 190 Å². The molecule has 10 aromatic carbocycles. The van der Waals surface area contributed by atoms with Gasteiger partial charge in [-0.2, -0.15) is 0 Å². The van der Waals surface area contributed by atoms with E-state index < -0.39 is 5.41 Å². The summed E-state index contributed by atoms with van der Waals surface area (Å²) in [6, 6.07) is 77.5. The highest BCUT2D eigenvalue weighted by molar-refractivity contribution is 6.25. The highest BCUT2D eigenvalue weighted by atomic mass is 15.0. The first-order chi connectivity index (χ1) is 31.5. The minimum atomic E-state index is -0.585. The predicted molar refractivity (Wildman–Crippen MR) is 264 cm³/mol. The Morgan fingerprint density at radius 1 is 0.281 bits per heavy atom. The van der Waals surface area contributed by atoms with Crippen LogP contribution in [-0.2, 0) is 10.8 Å². The van der Waals surface area contributed by atoms with Crippen molar-refractivity contribution in [1.82, 2.24) is 15.0 Å². The Balaban J connectivity index is 1.12. The van der Waals surface area contributed by atoms with Crippen LogP contribution in [0.2, 0.25) is 0 Å². The van der Waals surface area contributed by atoms with Crippen LogP contribution in [-0.4, -0.2) is 15.0 Å². The normalized spacial score (nSPS) is 14.0. The third kappa shape index (κ3) is 5.13. The summed E-state index contributed by atoms with van der Waals surface area (Å²) in [6.45, 7) is 4.75. The lowest BCUT2D eigenvalue weighted by molar-refractivity contribution is 0.563. The minimum absolute atomic E-state index is 0.208. The van der Waals surface area contributed by atoms with Crippen molar-refractivity contribution in [3.8, 4) is 56.4 Å². The topological polar surface area (TPSA) is 38.7 Å². The third-order valence-electron chi connectivity index (χ3n) is 14.2. The molecule has 1 spiro atoms. The van der Waals surface area contributed by atoms with Crippen LogP contribution in [0.3, 0.4) is 0 Å². The number of rotatable bonds is 4. The molecule has 3 heteroatoms. The molecule has 3 nitrogen and oxygen atoms in total. The van der Waals surface area contributed by atoms with Crippen LogP contribution in [0.4, 0.5) is 0 Å². The monoisotopic (exact) mass is 815 g/mol. The van der Waals surface area contributed by atoms with Crippen LogP contribution >= 0.6 is 0 Å². The molecule has 11 aromatic rings. The summed E-state index contributed by atoms with van der Waals surface area (Å²) < 4.78 is 0. The molecule has 0 bridgehead atoms. The Hall–Kier alpha value is -8.01. The zero-order valence-electron chi connectivity index (χ0n) is 35.5. The summed E-state index contributed by atoms with van der Waals surface area (Å²) in [6.07, 6.45) is 0. The molecule has 0 aliphatic heterocycles. The summed E-state index contributed by atoms with van der Waals surface area (Å²) in [5, 5.41) is 7.62. The van der Waals surface area contributed by atoms with Gasteiger partial charge in [0.2, 0.25) is 0 Å². The lowest BCUT2D eigenvalue weighted by atomic mass is 9.55. The molecule has 0 saturated heterocycles. The van der Waals surface area contributed by atoms with E-state index in [0.29, 0.717) is 17.5 Å². The van der Waals surface area contributed by atoms with Crippen LogP contribution in [0.15, 0.2) is 212 Å². The second-order valence-corrected chi connectivity index (χ2v) is 17.8. The van der Waals surface area contributed by atoms with Gasteiger partial charge >= 0.3 is 0 Å². The van der Waals surface area contributed by atoms with Crippen LogP contribution in [0, 0.1) is 0 Å². The zero-order valence-corrected chi connectivity index (χ0v) is 35.5. The summed E-state index contributed by atoms with van der Waals surface area (Å²) in [5.41, 5.74) is 14.6. The molecule has 0 atom stereocenters. The number of aromatic nitrogens is 3. The van der Waals surface area contributed by atoms with E-state index in [1.807, 2.05) is 36.4 Å². The Bertz CT molecular complexity index is 3560. The predicted octanol–water partition coefficient (Wildman–Crippen LogP) is 15.0. The van der Waals surface area contributed by atoms with Gasteiger partial charge < -0.3 is 0 Å². The average molecular weight is 816 g/mol. The SMILES string of the molecule is CC1(C)c2ccccc2C2(c3ccc(-c4ccc5c6ccccc6c6ccccc6c5c4)cc3-c3c(-c4nc(-c5ccccc5)nc(-c5ccccc5)n4)cccc32)c2ccccc21. The van der Waals surface area contributed by atoms with Crippen LogP contribution < -0.4 is 0 Å². The maximum atomic E-state index is 5.34. The molecule has 0 N–H and O–H groups in total. The van der Waals surface area contributed by atoms with Crippen LogP contribution in [0.25, 0.3) is 88.7 Å². The van der Waals surface area contributed by atoms with Gasteiger partial charge in [-0.3, -0.25) is 0 Å². The standard InChI is InChI=1S/C61H41N3/c1-60(2)51-27-13-15-29-53(51)61(54-30-16-14-28-52(54)60)50-35-33-41(40-32-34-46-44-24-10-9-22-42(44)43-23-11-12-25-45(43)48(46)36-40)37-49(50)56-47(26-17-31-55(56)61)59-63-57(38-18-5-3-6-19-38)62-58(64-59)39-20-7-4-8-21-39/h3-37H,1-2H3. The van der Waals surface area contributed by atoms with E-state index in [1.54, 1.807) is 0 Å². The molecule has 1 heterocycles. The minimum Gasteiger partial charge on any atom is -0.208 e. The molecular formula is C61H41N3. The van der Waals surface area contributed by atoms with Gasteiger partial charge in [-0.1, -0.05) is 214 Å². The number of benzene rings is 10. The van der Waals surface area contributed by atoms with Crippen molar-refractivity contribution in [2.24, 2.45) is 0 Å². The average Bonchev–Trinajstić information content (AvgIpc) is 3.66. The first-order valence-electron chi connectivity index (χ1n) is 22.2. The fourth-order valence-electron chi connectivity index (χ4n) is 11.3. The molecule has 0 radical (unpaired) electrons. The van der Waals surface area contributed by atoms with Crippen molar-refractivity contribution >= 4 is 32.3 Å². The molecule has 0 amide bonds. The van der Waals surface area contributed by atoms with Gasteiger partial charge in [0.05, 0.1) is 5.41 Å². The summed E-state index contributed by atoms with van der Waals surface area (Å²) >= 11 is 0. The Morgan fingerprint density at radius 3 is 1.30 bits per heavy atom. The summed E-state index contributed by atoms with van der Waals surface area (Å²) in [4.78, 5) is 15.8. The zero-order chi connectivity index (χ0) is 42.6. The van der Waals surface area contributed by atoms with Gasteiger partial charge in [-0.05, 0) is 100 Å². The largest absolute Gasteiger partial charge is 0.208 e. The van der Waals surface area contributed by atoms with Crippen molar-refractivity contribution in [3.63, 3.8) is 0 Å². The van der Waals surface area contributed by atoms with E-state index in [-0.39, 0.29) is 5.41 Å². The first-order valence-corrected chi connectivity index (χ1v) is 22.2. The van der Waals surface area contributed by atoms with Crippen LogP contribution in [0.5, 0.6) is 0 Å². The quantitative estimate of drug-likeness (QED) is 0.166. The Kier molecular flexibility index (Phi) is 7.87. The highest BCUT2D eigenvalue weighted by Gasteiger charge is 2.54. The van der Waals surface area contributed by atoms with Crippen molar-refractivity contribution in [1.29, 1.82) is 0 Å². The highest BCUT2D eigenvalue weighted by Crippen LogP contribution is 2.63. The molecule has 300 valence electrons. The van der Waals surface area contributed by atoms with E-state index >= 15 is 0 Å². The van der Waals surface area contributed by atoms with E-state index in [9.17, 15) is 0 Å². The van der Waals surface area contributed by atoms with Gasteiger partial charge in [0.15, 0.2) is 17.5 Å². The number of hydrogen-bond acceptors (Lipinski definition) is 3. The van der Waals surface area contributed by atoms with Gasteiger partial charge in [0.25, 0.3) is 0 Å². The fraction of sp³-hybridized carbons (Fsp3) is 0.0656. The number of hydrogen-bond donors (Lipinski definition) is 0. The van der Waals surface area contributed by atoms with Gasteiger partial charge in [-0.15, -0.1) is 0 Å². The molecule has 2 aliphatic rings. The molecule has 0 fully saturated rings. The van der Waals surface area contributed by atoms with Crippen molar-refractivity contribution in [2.75, 3.05) is 0 Å². The second kappa shape index (κ2) is 13.7. The molecule has 13 rings (SSSR count). The number of nitrogens with zero attached hydrogens (tertiary/aromatic N) is 3. The van der Waals surface area contributed by atoms with Crippen LogP contribution in [0.1, 0.15) is 47.2 Å². The number of fused-ring (bicyclic) bond motifs is 15.